The van der Waals surface area contributed by atoms with Crippen molar-refractivity contribution in [2.45, 2.75) is 18.0 Å². The third-order valence-electron chi connectivity index (χ3n) is 2.83. The molecule has 0 unspecified atom stereocenters. The van der Waals surface area contributed by atoms with E-state index >= 15 is 0 Å². The van der Waals surface area contributed by atoms with Crippen LogP contribution < -0.4 is 0 Å². The second kappa shape index (κ2) is 6.01. The van der Waals surface area contributed by atoms with Gasteiger partial charge in [0.05, 0.1) is 11.5 Å². The minimum absolute atomic E-state index is 0.0702. The third-order valence-corrected chi connectivity index (χ3v) is 5.75. The van der Waals surface area contributed by atoms with Crippen LogP contribution in [0.2, 0.25) is 0 Å². The van der Waals surface area contributed by atoms with Crippen LogP contribution in [0, 0.1) is 5.82 Å². The largest absolute Gasteiger partial charge is 0.391 e. The van der Waals surface area contributed by atoms with Gasteiger partial charge in [-0.05, 0) is 29.1 Å². The molecule has 0 saturated heterocycles. The van der Waals surface area contributed by atoms with E-state index < -0.39 is 15.8 Å². The summed E-state index contributed by atoms with van der Waals surface area (Å²) in [5.74, 6) is -0.403. The zero-order valence-electron chi connectivity index (χ0n) is 10.8. The highest BCUT2D eigenvalue weighted by Gasteiger charge is 2.24. The van der Waals surface area contributed by atoms with Crippen LogP contribution >= 0.6 is 11.3 Å². The first-order chi connectivity index (χ1) is 9.45. The Morgan fingerprint density at radius 3 is 2.75 bits per heavy atom. The van der Waals surface area contributed by atoms with E-state index in [0.29, 0.717) is 10.4 Å². The second-order valence-electron chi connectivity index (χ2n) is 4.26. The topological polar surface area (TPSA) is 57.6 Å². The first-order valence-corrected chi connectivity index (χ1v) is 8.15. The van der Waals surface area contributed by atoms with Crippen LogP contribution in [-0.2, 0) is 23.2 Å². The summed E-state index contributed by atoms with van der Waals surface area (Å²) in [5, 5.41) is 10.8. The van der Waals surface area contributed by atoms with Gasteiger partial charge in [-0.3, -0.25) is 0 Å². The molecule has 7 heteroatoms. The monoisotopic (exact) mass is 315 g/mol. The fourth-order valence-corrected chi connectivity index (χ4v) is 4.24. The van der Waals surface area contributed by atoms with Crippen LogP contribution in [0.15, 0.2) is 40.6 Å². The molecule has 1 aromatic carbocycles. The van der Waals surface area contributed by atoms with E-state index in [4.69, 9.17) is 5.11 Å². The molecule has 0 saturated carbocycles. The molecule has 2 aromatic rings. The smallest absolute Gasteiger partial charge is 0.244 e. The minimum Gasteiger partial charge on any atom is -0.391 e. The first-order valence-electron chi connectivity index (χ1n) is 5.83. The zero-order valence-corrected chi connectivity index (χ0v) is 12.4. The Morgan fingerprint density at radius 2 is 2.10 bits per heavy atom. The van der Waals surface area contributed by atoms with Crippen LogP contribution in [0.5, 0.6) is 0 Å². The first kappa shape index (κ1) is 15.1. The van der Waals surface area contributed by atoms with Gasteiger partial charge in [-0.1, -0.05) is 12.1 Å². The van der Waals surface area contributed by atoms with Gasteiger partial charge >= 0.3 is 0 Å². The highest BCUT2D eigenvalue weighted by atomic mass is 32.2. The van der Waals surface area contributed by atoms with E-state index in [0.717, 1.165) is 4.31 Å². The highest BCUT2D eigenvalue weighted by Crippen LogP contribution is 2.25. The van der Waals surface area contributed by atoms with Gasteiger partial charge in [-0.15, -0.1) is 11.3 Å². The Kier molecular flexibility index (Phi) is 4.54. The van der Waals surface area contributed by atoms with Crippen molar-refractivity contribution in [3.63, 3.8) is 0 Å². The quantitative estimate of drug-likeness (QED) is 0.920. The summed E-state index contributed by atoms with van der Waals surface area (Å²) >= 11 is 1.19. The molecule has 108 valence electrons. The number of nitrogens with zero attached hydrogens (tertiary/aromatic N) is 1. The lowest BCUT2D eigenvalue weighted by Gasteiger charge is -2.17. The molecule has 0 radical (unpaired) electrons. The number of thiophene rings is 1. The SMILES string of the molecule is CN(Cc1cccc(F)c1)S(=O)(=O)c1ccsc1CO. The molecule has 0 atom stereocenters. The predicted octanol–water partition coefficient (Wildman–Crippen LogP) is 2.20. The molecule has 0 fully saturated rings. The summed E-state index contributed by atoms with van der Waals surface area (Å²) in [6.07, 6.45) is 0. The number of benzene rings is 1. The van der Waals surface area contributed by atoms with Crippen molar-refractivity contribution in [1.82, 2.24) is 4.31 Å². The van der Waals surface area contributed by atoms with Gasteiger partial charge in [0.2, 0.25) is 10.0 Å². The number of sulfonamides is 1. The van der Waals surface area contributed by atoms with Gasteiger partial charge in [-0.25, -0.2) is 12.8 Å². The van der Waals surface area contributed by atoms with Crippen LogP contribution in [0.1, 0.15) is 10.4 Å². The molecule has 20 heavy (non-hydrogen) atoms. The summed E-state index contributed by atoms with van der Waals surface area (Å²) in [4.78, 5) is 0.500. The Labute approximate surface area is 121 Å². The van der Waals surface area contributed by atoms with Crippen molar-refractivity contribution >= 4 is 21.4 Å². The lowest BCUT2D eigenvalue weighted by molar-refractivity contribution is 0.282. The molecule has 0 aliphatic carbocycles. The number of rotatable bonds is 5. The molecule has 0 bridgehead atoms. The van der Waals surface area contributed by atoms with Crippen molar-refractivity contribution in [3.05, 3.63) is 52.0 Å². The molecular formula is C13H14FNO3S2. The van der Waals surface area contributed by atoms with E-state index in [2.05, 4.69) is 0 Å². The second-order valence-corrected chi connectivity index (χ2v) is 7.27. The van der Waals surface area contributed by atoms with Crippen molar-refractivity contribution in [2.75, 3.05) is 7.05 Å². The average Bonchev–Trinajstić information content (AvgIpc) is 2.87. The van der Waals surface area contributed by atoms with Crippen LogP contribution in [-0.4, -0.2) is 24.9 Å². The van der Waals surface area contributed by atoms with E-state index in [1.54, 1.807) is 11.4 Å². The molecule has 1 N–H and O–H groups in total. The molecule has 2 rings (SSSR count). The van der Waals surface area contributed by atoms with Gasteiger partial charge in [0.1, 0.15) is 5.82 Å². The van der Waals surface area contributed by atoms with Crippen molar-refractivity contribution in [2.24, 2.45) is 0 Å². The molecule has 0 spiro atoms. The van der Waals surface area contributed by atoms with Crippen LogP contribution in [0.25, 0.3) is 0 Å². The molecule has 0 amide bonds. The van der Waals surface area contributed by atoms with E-state index in [-0.39, 0.29) is 18.0 Å². The maximum Gasteiger partial charge on any atom is 0.244 e. The average molecular weight is 315 g/mol. The fourth-order valence-electron chi connectivity index (χ4n) is 1.82. The summed E-state index contributed by atoms with van der Waals surface area (Å²) in [5.41, 5.74) is 0.567. The van der Waals surface area contributed by atoms with Crippen molar-refractivity contribution in [1.29, 1.82) is 0 Å². The van der Waals surface area contributed by atoms with E-state index in [9.17, 15) is 12.8 Å². The number of hydrogen-bond donors (Lipinski definition) is 1. The van der Waals surface area contributed by atoms with Gasteiger partial charge in [-0.2, -0.15) is 4.31 Å². The molecule has 4 nitrogen and oxygen atoms in total. The van der Waals surface area contributed by atoms with Crippen LogP contribution in [0.4, 0.5) is 4.39 Å². The molecule has 1 heterocycles. The maximum atomic E-state index is 13.1. The lowest BCUT2D eigenvalue weighted by atomic mass is 10.2. The van der Waals surface area contributed by atoms with Gasteiger partial charge in [0, 0.05) is 18.5 Å². The predicted molar refractivity (Wildman–Crippen MR) is 75.3 cm³/mol. The summed E-state index contributed by atoms with van der Waals surface area (Å²) in [6, 6.07) is 7.27. The van der Waals surface area contributed by atoms with Gasteiger partial charge in [0.15, 0.2) is 0 Å². The molecule has 0 aliphatic heterocycles. The molecule has 1 aromatic heterocycles. The number of halogens is 1. The Balaban J connectivity index is 2.26. The van der Waals surface area contributed by atoms with Crippen LogP contribution in [0.3, 0.4) is 0 Å². The standard InChI is InChI=1S/C13H14FNO3S2/c1-15(8-10-3-2-4-11(14)7-10)20(17,18)13-5-6-19-12(13)9-16/h2-7,16H,8-9H2,1H3. The summed E-state index contributed by atoms with van der Waals surface area (Å²) in [7, 11) is -2.26. The van der Waals surface area contributed by atoms with Crippen molar-refractivity contribution in [3.8, 4) is 0 Å². The molecule has 0 aliphatic rings. The highest BCUT2D eigenvalue weighted by molar-refractivity contribution is 7.89. The number of aliphatic hydroxyl groups is 1. The Morgan fingerprint density at radius 1 is 1.35 bits per heavy atom. The normalized spacial score (nSPS) is 12.0. The fraction of sp³-hybridized carbons (Fsp3) is 0.231. The number of aliphatic hydroxyl groups excluding tert-OH is 1. The Bertz CT molecular complexity index is 697. The third kappa shape index (κ3) is 3.06. The summed E-state index contributed by atoms with van der Waals surface area (Å²) in [6.45, 7) is -0.249. The van der Waals surface area contributed by atoms with Gasteiger partial charge in [0.25, 0.3) is 0 Å². The minimum atomic E-state index is -3.69. The number of hydrogen-bond acceptors (Lipinski definition) is 4. The zero-order chi connectivity index (χ0) is 14.8. The van der Waals surface area contributed by atoms with Crippen molar-refractivity contribution < 1.29 is 17.9 Å². The summed E-state index contributed by atoms with van der Waals surface area (Å²) < 4.78 is 39.0. The lowest BCUT2D eigenvalue weighted by Crippen LogP contribution is -2.26. The van der Waals surface area contributed by atoms with E-state index in [1.807, 2.05) is 0 Å². The Hall–Kier alpha value is -1.28. The van der Waals surface area contributed by atoms with E-state index in [1.165, 1.54) is 42.6 Å². The van der Waals surface area contributed by atoms with Gasteiger partial charge < -0.3 is 5.11 Å². The maximum absolute atomic E-state index is 13.1. The molecular weight excluding hydrogens is 301 g/mol.